The topological polar surface area (TPSA) is 43.3 Å². The Kier molecular flexibility index (Phi) is 1.72. The molecule has 2 aromatic rings. The molecule has 0 fully saturated rings. The van der Waals surface area contributed by atoms with E-state index in [1.54, 1.807) is 0 Å². The predicted molar refractivity (Wildman–Crippen MR) is 53.7 cm³/mol. The van der Waals surface area contributed by atoms with Gasteiger partial charge in [0.15, 0.2) is 0 Å². The van der Waals surface area contributed by atoms with Crippen molar-refractivity contribution in [3.8, 4) is 0 Å². The number of nitrogens with zero attached hydrogens (tertiary/aromatic N) is 2. The van der Waals surface area contributed by atoms with E-state index < -0.39 is 0 Å². The van der Waals surface area contributed by atoms with E-state index in [2.05, 4.69) is 11.9 Å². The lowest BCUT2D eigenvalue weighted by Crippen LogP contribution is -1.95. The van der Waals surface area contributed by atoms with Gasteiger partial charge in [-0.15, -0.1) is 0 Å². The normalized spacial score (nSPS) is 10.9. The first-order valence-electron chi connectivity index (χ1n) is 4.45. The van der Waals surface area contributed by atoms with Gasteiger partial charge in [0, 0.05) is 6.20 Å². The van der Waals surface area contributed by atoms with E-state index in [-0.39, 0.29) is 0 Å². The Morgan fingerprint density at radius 2 is 2.23 bits per heavy atom. The van der Waals surface area contributed by atoms with Crippen molar-refractivity contribution in [3.05, 3.63) is 29.6 Å². The first kappa shape index (κ1) is 8.10. The van der Waals surface area contributed by atoms with Crippen LogP contribution in [0.3, 0.4) is 0 Å². The molecule has 3 nitrogen and oxygen atoms in total. The molecule has 0 saturated heterocycles. The molecule has 0 aliphatic heterocycles. The van der Waals surface area contributed by atoms with Crippen molar-refractivity contribution in [2.75, 3.05) is 5.73 Å². The molecule has 0 atom stereocenters. The zero-order valence-electron chi connectivity index (χ0n) is 7.91. The molecule has 0 saturated carbocycles. The lowest BCUT2D eigenvalue weighted by atomic mass is 10.3. The van der Waals surface area contributed by atoms with Gasteiger partial charge in [0.1, 0.15) is 11.5 Å². The summed E-state index contributed by atoms with van der Waals surface area (Å²) in [6.45, 7) is 4.11. The summed E-state index contributed by atoms with van der Waals surface area (Å²) in [6.07, 6.45) is 2.89. The minimum Gasteiger partial charge on any atom is -0.383 e. The third-order valence-electron chi connectivity index (χ3n) is 2.21. The molecule has 68 valence electrons. The largest absolute Gasteiger partial charge is 0.383 e. The van der Waals surface area contributed by atoms with Crippen LogP contribution in [0.25, 0.3) is 5.65 Å². The first-order chi connectivity index (χ1) is 6.22. The number of rotatable bonds is 1. The van der Waals surface area contributed by atoms with Gasteiger partial charge in [-0.25, -0.2) is 4.98 Å². The summed E-state index contributed by atoms with van der Waals surface area (Å²) in [5.74, 6) is 0.765. The van der Waals surface area contributed by atoms with Crippen molar-refractivity contribution in [2.24, 2.45) is 0 Å². The number of imidazole rings is 1. The molecule has 3 heteroatoms. The van der Waals surface area contributed by atoms with Gasteiger partial charge in [-0.05, 0) is 25.0 Å². The standard InChI is InChI=1S/C10H13N3/c1-3-8-10(11)13-6-7(2)4-5-9(13)12-8/h4-6H,3,11H2,1-2H3. The highest BCUT2D eigenvalue weighted by molar-refractivity contribution is 5.53. The van der Waals surface area contributed by atoms with Gasteiger partial charge in [0.2, 0.25) is 0 Å². The first-order valence-corrected chi connectivity index (χ1v) is 4.45. The van der Waals surface area contributed by atoms with Crippen molar-refractivity contribution >= 4 is 11.5 Å². The average molecular weight is 175 g/mol. The summed E-state index contributed by atoms with van der Waals surface area (Å²) >= 11 is 0. The van der Waals surface area contributed by atoms with Crippen molar-refractivity contribution in [1.29, 1.82) is 0 Å². The third kappa shape index (κ3) is 1.16. The number of fused-ring (bicyclic) bond motifs is 1. The van der Waals surface area contributed by atoms with Crippen LogP contribution in [0.1, 0.15) is 18.2 Å². The van der Waals surface area contributed by atoms with Crippen LogP contribution < -0.4 is 5.73 Å². The number of anilines is 1. The van der Waals surface area contributed by atoms with Crippen LogP contribution in [0, 0.1) is 6.92 Å². The summed E-state index contributed by atoms with van der Waals surface area (Å²) in [5, 5.41) is 0. The summed E-state index contributed by atoms with van der Waals surface area (Å²) < 4.78 is 1.94. The summed E-state index contributed by atoms with van der Waals surface area (Å²) in [5.41, 5.74) is 9.02. The second-order valence-electron chi connectivity index (χ2n) is 3.23. The lowest BCUT2D eigenvalue weighted by Gasteiger charge is -1.97. The molecule has 0 radical (unpaired) electrons. The van der Waals surface area contributed by atoms with Gasteiger partial charge in [0.25, 0.3) is 0 Å². The lowest BCUT2D eigenvalue weighted by molar-refractivity contribution is 1.07. The summed E-state index contributed by atoms with van der Waals surface area (Å²) in [6, 6.07) is 4.03. The minimum absolute atomic E-state index is 0.765. The predicted octanol–water partition coefficient (Wildman–Crippen LogP) is 1.79. The van der Waals surface area contributed by atoms with E-state index >= 15 is 0 Å². The fourth-order valence-corrected chi connectivity index (χ4v) is 1.48. The highest BCUT2D eigenvalue weighted by Crippen LogP contribution is 2.15. The SMILES string of the molecule is CCc1nc2ccc(C)cn2c1N. The number of hydrogen-bond acceptors (Lipinski definition) is 2. The number of aryl methyl sites for hydroxylation is 2. The van der Waals surface area contributed by atoms with Crippen LogP contribution in [-0.4, -0.2) is 9.38 Å². The van der Waals surface area contributed by atoms with E-state index in [0.717, 1.165) is 23.6 Å². The maximum Gasteiger partial charge on any atom is 0.138 e. The van der Waals surface area contributed by atoms with Gasteiger partial charge in [-0.2, -0.15) is 0 Å². The molecular weight excluding hydrogens is 162 g/mol. The zero-order valence-corrected chi connectivity index (χ0v) is 7.91. The molecule has 2 N–H and O–H groups in total. The number of pyridine rings is 1. The highest BCUT2D eigenvalue weighted by Gasteiger charge is 2.05. The number of nitrogens with two attached hydrogens (primary N) is 1. The van der Waals surface area contributed by atoms with E-state index in [4.69, 9.17) is 5.73 Å². The maximum atomic E-state index is 5.92. The number of aromatic nitrogens is 2. The van der Waals surface area contributed by atoms with E-state index in [0.29, 0.717) is 0 Å². The summed E-state index contributed by atoms with van der Waals surface area (Å²) in [7, 11) is 0. The molecule has 0 bridgehead atoms. The summed E-state index contributed by atoms with van der Waals surface area (Å²) in [4.78, 5) is 4.41. The Morgan fingerprint density at radius 3 is 2.92 bits per heavy atom. The molecule has 0 aromatic carbocycles. The molecule has 0 spiro atoms. The Hall–Kier alpha value is -1.51. The second kappa shape index (κ2) is 2.76. The van der Waals surface area contributed by atoms with Crippen LogP contribution in [0.5, 0.6) is 0 Å². The monoisotopic (exact) mass is 175 g/mol. The number of nitrogen functional groups attached to an aromatic ring is 1. The van der Waals surface area contributed by atoms with Gasteiger partial charge >= 0.3 is 0 Å². The molecule has 2 heterocycles. The Balaban J connectivity index is 2.77. The van der Waals surface area contributed by atoms with Crippen molar-refractivity contribution in [1.82, 2.24) is 9.38 Å². The molecule has 0 unspecified atom stereocenters. The van der Waals surface area contributed by atoms with Crippen molar-refractivity contribution in [3.63, 3.8) is 0 Å². The molecule has 0 aliphatic rings. The Bertz CT molecular complexity index is 443. The fourth-order valence-electron chi connectivity index (χ4n) is 1.48. The fraction of sp³-hybridized carbons (Fsp3) is 0.300. The minimum atomic E-state index is 0.765. The molecule has 13 heavy (non-hydrogen) atoms. The molecule has 0 aliphatic carbocycles. The molecule has 0 amide bonds. The second-order valence-corrected chi connectivity index (χ2v) is 3.23. The zero-order chi connectivity index (χ0) is 9.42. The Labute approximate surface area is 77.2 Å². The third-order valence-corrected chi connectivity index (χ3v) is 2.21. The quantitative estimate of drug-likeness (QED) is 0.718. The van der Waals surface area contributed by atoms with Crippen LogP contribution >= 0.6 is 0 Å². The van der Waals surface area contributed by atoms with E-state index in [9.17, 15) is 0 Å². The smallest absolute Gasteiger partial charge is 0.138 e. The average Bonchev–Trinajstić information content (AvgIpc) is 2.44. The van der Waals surface area contributed by atoms with Crippen LogP contribution in [0.2, 0.25) is 0 Å². The number of hydrogen-bond donors (Lipinski definition) is 1. The van der Waals surface area contributed by atoms with Crippen LogP contribution in [0.15, 0.2) is 18.3 Å². The Morgan fingerprint density at radius 1 is 1.46 bits per heavy atom. The van der Waals surface area contributed by atoms with Gasteiger partial charge in [-0.3, -0.25) is 4.40 Å². The molecular formula is C10H13N3. The van der Waals surface area contributed by atoms with Crippen molar-refractivity contribution in [2.45, 2.75) is 20.3 Å². The maximum absolute atomic E-state index is 5.92. The van der Waals surface area contributed by atoms with Crippen LogP contribution in [-0.2, 0) is 6.42 Å². The molecule has 2 aromatic heterocycles. The van der Waals surface area contributed by atoms with E-state index in [1.807, 2.05) is 29.7 Å². The van der Waals surface area contributed by atoms with Crippen LogP contribution in [0.4, 0.5) is 5.82 Å². The van der Waals surface area contributed by atoms with Gasteiger partial charge in [0.05, 0.1) is 5.69 Å². The van der Waals surface area contributed by atoms with Gasteiger partial charge in [-0.1, -0.05) is 13.0 Å². The van der Waals surface area contributed by atoms with Crippen molar-refractivity contribution < 1.29 is 0 Å². The highest BCUT2D eigenvalue weighted by atomic mass is 15.1. The van der Waals surface area contributed by atoms with Gasteiger partial charge < -0.3 is 5.73 Å². The van der Waals surface area contributed by atoms with E-state index in [1.165, 1.54) is 5.56 Å². The molecule has 2 rings (SSSR count).